The molecule has 3 aromatic heterocycles. The first kappa shape index (κ1) is 29.1. The van der Waals surface area contributed by atoms with E-state index in [4.69, 9.17) is 8.83 Å². The minimum Gasteiger partial charge on any atom is -0.456 e. The van der Waals surface area contributed by atoms with Gasteiger partial charge in [-0.15, -0.1) is 11.3 Å². The molecule has 3 nitrogen and oxygen atoms in total. The largest absolute Gasteiger partial charge is 0.456 e. The molecular formula is C48H29NO2S. The molecule has 0 saturated carbocycles. The van der Waals surface area contributed by atoms with Crippen molar-refractivity contribution in [2.75, 3.05) is 4.90 Å². The average Bonchev–Trinajstić information content (AvgIpc) is 3.90. The van der Waals surface area contributed by atoms with E-state index >= 15 is 0 Å². The Kier molecular flexibility index (Phi) is 6.42. The minimum absolute atomic E-state index is 0.865. The number of fused-ring (bicyclic) bond motifs is 9. The SMILES string of the molecule is c1ccc(-c2cccc3c2sc2c(N(c4cccc(-c5cccc6oc7ccccc7c56)c4)c4ccc5c(c4)oc4ccccc45)cccc23)cc1. The Balaban J connectivity index is 1.16. The summed E-state index contributed by atoms with van der Waals surface area (Å²) >= 11 is 1.86. The number of anilines is 3. The van der Waals surface area contributed by atoms with Crippen LogP contribution >= 0.6 is 11.3 Å². The van der Waals surface area contributed by atoms with Gasteiger partial charge in [0.1, 0.15) is 22.3 Å². The Morgan fingerprint density at radius 1 is 0.365 bits per heavy atom. The van der Waals surface area contributed by atoms with Crippen LogP contribution in [0.25, 0.3) is 86.3 Å². The molecule has 0 radical (unpaired) electrons. The normalized spacial score (nSPS) is 11.8. The van der Waals surface area contributed by atoms with Gasteiger partial charge < -0.3 is 13.7 Å². The number of benzene rings is 8. The van der Waals surface area contributed by atoms with Crippen LogP contribution in [-0.4, -0.2) is 0 Å². The van der Waals surface area contributed by atoms with Crippen LogP contribution in [0.1, 0.15) is 0 Å². The van der Waals surface area contributed by atoms with E-state index in [2.05, 4.69) is 157 Å². The molecule has 0 aliphatic rings. The van der Waals surface area contributed by atoms with E-state index in [1.165, 1.54) is 31.3 Å². The van der Waals surface area contributed by atoms with Gasteiger partial charge in [-0.3, -0.25) is 0 Å². The fraction of sp³-hybridized carbons (Fsp3) is 0. The lowest BCUT2D eigenvalue weighted by atomic mass is 9.98. The number of thiophene rings is 1. The Hall–Kier alpha value is -6.62. The summed E-state index contributed by atoms with van der Waals surface area (Å²) in [6.45, 7) is 0. The first-order valence-corrected chi connectivity index (χ1v) is 18.3. The first-order valence-electron chi connectivity index (χ1n) is 17.5. The van der Waals surface area contributed by atoms with Crippen molar-refractivity contribution in [3.63, 3.8) is 0 Å². The standard InChI is InChI=1S/C48H29NO2S/c1-2-12-30(13-3-1)35-19-9-20-38-39-21-10-22-41(48(39)52-47(35)38)49(33-26-27-37-36-16-4-6-23-42(36)51-45(37)29-33)32-15-8-14-31(28-32)34-18-11-25-44-46(34)40-17-5-7-24-43(40)50-44/h1-29H. The van der Waals surface area contributed by atoms with Gasteiger partial charge in [0.2, 0.25) is 0 Å². The van der Waals surface area contributed by atoms with E-state index in [-0.39, 0.29) is 0 Å². The highest BCUT2D eigenvalue weighted by molar-refractivity contribution is 7.27. The van der Waals surface area contributed by atoms with Gasteiger partial charge in [-0.05, 0) is 70.8 Å². The number of hydrogen-bond donors (Lipinski definition) is 0. The molecule has 4 heteroatoms. The molecule has 0 spiro atoms. The molecule has 0 amide bonds. The molecule has 0 atom stereocenters. The van der Waals surface area contributed by atoms with Gasteiger partial charge in [0, 0.05) is 54.5 Å². The zero-order valence-electron chi connectivity index (χ0n) is 27.9. The zero-order chi connectivity index (χ0) is 34.2. The van der Waals surface area contributed by atoms with Gasteiger partial charge in [-0.1, -0.05) is 121 Å². The van der Waals surface area contributed by atoms with Crippen molar-refractivity contribution < 1.29 is 8.83 Å². The van der Waals surface area contributed by atoms with Crippen LogP contribution in [0, 0.1) is 0 Å². The summed E-state index contributed by atoms with van der Waals surface area (Å²) in [5.74, 6) is 0. The van der Waals surface area contributed by atoms with Crippen molar-refractivity contribution in [3.05, 3.63) is 176 Å². The van der Waals surface area contributed by atoms with Crippen LogP contribution in [0.4, 0.5) is 17.1 Å². The average molecular weight is 684 g/mol. The van der Waals surface area contributed by atoms with Crippen molar-refractivity contribution in [1.82, 2.24) is 0 Å². The highest BCUT2D eigenvalue weighted by atomic mass is 32.1. The summed E-state index contributed by atoms with van der Waals surface area (Å²) in [5.41, 5.74) is 11.5. The third kappa shape index (κ3) is 4.45. The van der Waals surface area contributed by atoms with Gasteiger partial charge in [-0.25, -0.2) is 0 Å². The van der Waals surface area contributed by atoms with E-state index in [1.807, 2.05) is 35.6 Å². The van der Waals surface area contributed by atoms with Crippen molar-refractivity contribution >= 4 is 92.4 Å². The molecule has 11 rings (SSSR count). The quantitative estimate of drug-likeness (QED) is 0.181. The zero-order valence-corrected chi connectivity index (χ0v) is 28.7. The Morgan fingerprint density at radius 3 is 1.85 bits per heavy atom. The van der Waals surface area contributed by atoms with E-state index in [0.717, 1.165) is 72.1 Å². The fourth-order valence-electron chi connectivity index (χ4n) is 7.94. The molecule has 244 valence electrons. The minimum atomic E-state index is 0.865. The van der Waals surface area contributed by atoms with Crippen molar-refractivity contribution in [3.8, 4) is 22.3 Å². The van der Waals surface area contributed by atoms with E-state index < -0.39 is 0 Å². The van der Waals surface area contributed by atoms with Crippen LogP contribution in [0.15, 0.2) is 185 Å². The van der Waals surface area contributed by atoms with Crippen LogP contribution in [-0.2, 0) is 0 Å². The Bertz CT molecular complexity index is 3150. The number of hydrogen-bond acceptors (Lipinski definition) is 4. The van der Waals surface area contributed by atoms with Gasteiger partial charge in [0.15, 0.2) is 0 Å². The van der Waals surface area contributed by atoms with Crippen LogP contribution < -0.4 is 4.90 Å². The summed E-state index contributed by atoms with van der Waals surface area (Å²) in [4.78, 5) is 2.39. The maximum absolute atomic E-state index is 6.45. The van der Waals surface area contributed by atoms with Gasteiger partial charge in [0.05, 0.1) is 10.4 Å². The molecule has 52 heavy (non-hydrogen) atoms. The molecule has 3 heterocycles. The van der Waals surface area contributed by atoms with Gasteiger partial charge in [0.25, 0.3) is 0 Å². The number of furan rings is 2. The lowest BCUT2D eigenvalue weighted by molar-refractivity contribution is 0.668. The van der Waals surface area contributed by atoms with Crippen molar-refractivity contribution in [1.29, 1.82) is 0 Å². The highest BCUT2D eigenvalue weighted by Crippen LogP contribution is 2.48. The third-order valence-corrected chi connectivity index (χ3v) is 11.5. The lowest BCUT2D eigenvalue weighted by Crippen LogP contribution is -2.10. The molecule has 11 aromatic rings. The molecule has 0 unspecified atom stereocenters. The lowest BCUT2D eigenvalue weighted by Gasteiger charge is -2.26. The molecule has 0 N–H and O–H groups in total. The number of nitrogens with zero attached hydrogens (tertiary/aromatic N) is 1. The molecule has 0 aliphatic heterocycles. The topological polar surface area (TPSA) is 29.5 Å². The molecule has 0 saturated heterocycles. The maximum Gasteiger partial charge on any atom is 0.137 e. The molecule has 0 fully saturated rings. The summed E-state index contributed by atoms with van der Waals surface area (Å²) in [6, 6.07) is 62.5. The van der Waals surface area contributed by atoms with Crippen LogP contribution in [0.3, 0.4) is 0 Å². The van der Waals surface area contributed by atoms with Gasteiger partial charge >= 0.3 is 0 Å². The highest BCUT2D eigenvalue weighted by Gasteiger charge is 2.22. The predicted octanol–water partition coefficient (Wildman–Crippen LogP) is 14.7. The number of para-hydroxylation sites is 2. The molecule has 8 aromatic carbocycles. The number of rotatable bonds is 5. The molecule has 0 aliphatic carbocycles. The second kappa shape index (κ2) is 11.5. The van der Waals surface area contributed by atoms with Gasteiger partial charge in [-0.2, -0.15) is 0 Å². The second-order valence-electron chi connectivity index (χ2n) is 13.2. The van der Waals surface area contributed by atoms with Crippen molar-refractivity contribution in [2.24, 2.45) is 0 Å². The van der Waals surface area contributed by atoms with Crippen molar-refractivity contribution in [2.45, 2.75) is 0 Å². The third-order valence-electron chi connectivity index (χ3n) is 10.3. The van der Waals surface area contributed by atoms with E-state index in [1.54, 1.807) is 0 Å². The predicted molar refractivity (Wildman–Crippen MR) is 219 cm³/mol. The van der Waals surface area contributed by atoms with E-state index in [9.17, 15) is 0 Å². The molecule has 0 bridgehead atoms. The summed E-state index contributed by atoms with van der Waals surface area (Å²) in [5, 5.41) is 7.00. The molecular weight excluding hydrogens is 655 g/mol. The Morgan fingerprint density at radius 2 is 0.962 bits per heavy atom. The maximum atomic E-state index is 6.45. The summed E-state index contributed by atoms with van der Waals surface area (Å²) in [7, 11) is 0. The van der Waals surface area contributed by atoms with Crippen LogP contribution in [0.5, 0.6) is 0 Å². The second-order valence-corrected chi connectivity index (χ2v) is 14.3. The fourth-order valence-corrected chi connectivity index (χ4v) is 9.27. The Labute approximate surface area is 303 Å². The van der Waals surface area contributed by atoms with E-state index in [0.29, 0.717) is 0 Å². The summed E-state index contributed by atoms with van der Waals surface area (Å²) < 4.78 is 15.3. The smallest absolute Gasteiger partial charge is 0.137 e. The summed E-state index contributed by atoms with van der Waals surface area (Å²) in [6.07, 6.45) is 0. The first-order chi connectivity index (χ1) is 25.8. The van der Waals surface area contributed by atoms with Crippen LogP contribution in [0.2, 0.25) is 0 Å². The monoisotopic (exact) mass is 683 g/mol.